The van der Waals surface area contributed by atoms with E-state index in [0.29, 0.717) is 18.1 Å². The molecule has 0 radical (unpaired) electrons. The SMILES string of the molecule is CCc1nc2c(C)cc(C(=O)N(C)C)nc2n1Cc1ccc(-c2c(-c3nnnn3C(c3ccccc3)(c3ccccc3)c3ccccc3)cc(C)n2CC)cc1. The Kier molecular flexibility index (Phi) is 9.64. The molecule has 0 saturated heterocycles. The average molecular weight is 740 g/mol. The first-order valence-electron chi connectivity index (χ1n) is 19.1. The van der Waals surface area contributed by atoms with E-state index in [0.717, 1.165) is 80.3 Å². The maximum atomic E-state index is 12.9. The second kappa shape index (κ2) is 14.9. The van der Waals surface area contributed by atoms with Crippen LogP contribution in [0.1, 0.15) is 63.7 Å². The number of carbonyl (C=O) groups excluding carboxylic acids is 1. The Morgan fingerprint density at radius 1 is 0.732 bits per heavy atom. The van der Waals surface area contributed by atoms with Crippen molar-refractivity contribution in [2.75, 3.05) is 14.1 Å². The molecule has 0 aliphatic heterocycles. The fourth-order valence-corrected chi connectivity index (χ4v) is 8.06. The number of fused-ring (bicyclic) bond motifs is 1. The molecule has 10 nitrogen and oxygen atoms in total. The van der Waals surface area contributed by atoms with Gasteiger partial charge in [0.25, 0.3) is 5.91 Å². The highest BCUT2D eigenvalue weighted by molar-refractivity contribution is 5.94. The molecule has 4 aromatic heterocycles. The molecule has 0 spiro atoms. The average Bonchev–Trinajstić information content (AvgIpc) is 3.95. The van der Waals surface area contributed by atoms with Crippen LogP contribution in [0.3, 0.4) is 0 Å². The highest BCUT2D eigenvalue weighted by atomic mass is 16.2. The number of hydrogen-bond donors (Lipinski definition) is 0. The molecule has 8 aromatic rings. The van der Waals surface area contributed by atoms with Crippen molar-refractivity contribution in [2.45, 2.75) is 52.7 Å². The van der Waals surface area contributed by atoms with Crippen LogP contribution in [0.2, 0.25) is 0 Å². The molecular weight excluding hydrogens is 695 g/mol. The lowest BCUT2D eigenvalue weighted by molar-refractivity contribution is 0.0822. The van der Waals surface area contributed by atoms with Crippen molar-refractivity contribution in [1.82, 2.24) is 44.2 Å². The van der Waals surface area contributed by atoms with Gasteiger partial charge in [-0.05, 0) is 76.7 Å². The summed E-state index contributed by atoms with van der Waals surface area (Å²) in [5.41, 5.74) is 10.4. The number of nitrogens with zero attached hydrogens (tertiary/aromatic N) is 9. The van der Waals surface area contributed by atoms with Crippen LogP contribution in [-0.2, 0) is 25.0 Å². The Bertz CT molecular complexity index is 2540. The lowest BCUT2D eigenvalue weighted by Gasteiger charge is -2.36. The van der Waals surface area contributed by atoms with Gasteiger partial charge < -0.3 is 14.0 Å². The second-order valence-electron chi connectivity index (χ2n) is 14.4. The van der Waals surface area contributed by atoms with E-state index in [1.807, 2.05) is 35.9 Å². The smallest absolute Gasteiger partial charge is 0.272 e. The van der Waals surface area contributed by atoms with Crippen LogP contribution >= 0.6 is 0 Å². The first kappa shape index (κ1) is 36.3. The van der Waals surface area contributed by atoms with Gasteiger partial charge in [0.15, 0.2) is 11.5 Å². The summed E-state index contributed by atoms with van der Waals surface area (Å²) >= 11 is 0. The summed E-state index contributed by atoms with van der Waals surface area (Å²) in [7, 11) is 3.49. The summed E-state index contributed by atoms with van der Waals surface area (Å²) < 4.78 is 6.46. The van der Waals surface area contributed by atoms with Crippen LogP contribution in [0.15, 0.2) is 127 Å². The normalized spacial score (nSPS) is 11.7. The van der Waals surface area contributed by atoms with E-state index >= 15 is 0 Å². The first-order chi connectivity index (χ1) is 27.3. The Labute approximate surface area is 327 Å². The molecule has 0 atom stereocenters. The summed E-state index contributed by atoms with van der Waals surface area (Å²) in [5, 5.41) is 14.0. The number of imidazole rings is 1. The minimum absolute atomic E-state index is 0.130. The van der Waals surface area contributed by atoms with Crippen molar-refractivity contribution in [3.8, 4) is 22.6 Å². The molecule has 0 aliphatic rings. The van der Waals surface area contributed by atoms with Crippen molar-refractivity contribution in [1.29, 1.82) is 0 Å². The van der Waals surface area contributed by atoms with Crippen molar-refractivity contribution >= 4 is 17.1 Å². The Hall–Kier alpha value is -6.68. The van der Waals surface area contributed by atoms with Crippen molar-refractivity contribution in [3.05, 3.63) is 172 Å². The second-order valence-corrected chi connectivity index (χ2v) is 14.4. The van der Waals surface area contributed by atoms with Crippen LogP contribution in [-0.4, -0.2) is 64.2 Å². The van der Waals surface area contributed by atoms with Gasteiger partial charge in [-0.15, -0.1) is 5.10 Å². The molecule has 0 fully saturated rings. The zero-order chi connectivity index (χ0) is 39.0. The van der Waals surface area contributed by atoms with Gasteiger partial charge in [0.2, 0.25) is 0 Å². The van der Waals surface area contributed by atoms with Crippen LogP contribution in [0.4, 0.5) is 0 Å². The maximum Gasteiger partial charge on any atom is 0.272 e. The Morgan fingerprint density at radius 2 is 1.32 bits per heavy atom. The monoisotopic (exact) mass is 739 g/mol. The fraction of sp³-hybridized carbons (Fsp3) is 0.217. The van der Waals surface area contributed by atoms with Crippen LogP contribution in [0.5, 0.6) is 0 Å². The van der Waals surface area contributed by atoms with Crippen molar-refractivity contribution < 1.29 is 4.79 Å². The summed E-state index contributed by atoms with van der Waals surface area (Å²) in [6, 6.07) is 44.2. The van der Waals surface area contributed by atoms with Crippen molar-refractivity contribution in [2.24, 2.45) is 0 Å². The zero-order valence-electron chi connectivity index (χ0n) is 32.7. The Balaban J connectivity index is 1.26. The number of pyridine rings is 1. The molecule has 0 unspecified atom stereocenters. The third kappa shape index (κ3) is 6.07. The maximum absolute atomic E-state index is 12.9. The number of aryl methyl sites for hydroxylation is 3. The van der Waals surface area contributed by atoms with E-state index in [-0.39, 0.29) is 5.91 Å². The molecule has 280 valence electrons. The summed E-state index contributed by atoms with van der Waals surface area (Å²) in [6.07, 6.45) is 0.739. The van der Waals surface area contributed by atoms with E-state index in [4.69, 9.17) is 20.3 Å². The summed E-state index contributed by atoms with van der Waals surface area (Å²) in [4.78, 5) is 24.3. The third-order valence-electron chi connectivity index (χ3n) is 10.7. The number of tetrazole rings is 1. The number of aromatic nitrogens is 8. The van der Waals surface area contributed by atoms with E-state index in [1.54, 1.807) is 19.0 Å². The molecule has 0 saturated carbocycles. The lowest BCUT2D eigenvalue weighted by atomic mass is 9.77. The van der Waals surface area contributed by atoms with Gasteiger partial charge in [0, 0.05) is 38.3 Å². The van der Waals surface area contributed by atoms with Gasteiger partial charge in [-0.25, -0.2) is 14.6 Å². The van der Waals surface area contributed by atoms with Crippen LogP contribution in [0.25, 0.3) is 33.8 Å². The fourth-order valence-electron chi connectivity index (χ4n) is 8.06. The van der Waals surface area contributed by atoms with Gasteiger partial charge in [-0.1, -0.05) is 122 Å². The number of hydrogen-bond acceptors (Lipinski definition) is 6. The predicted octanol–water partition coefficient (Wildman–Crippen LogP) is 8.34. The van der Waals surface area contributed by atoms with Gasteiger partial charge in [0.1, 0.15) is 22.6 Å². The first-order valence-corrected chi connectivity index (χ1v) is 19.1. The lowest BCUT2D eigenvalue weighted by Crippen LogP contribution is -2.39. The summed E-state index contributed by atoms with van der Waals surface area (Å²) in [5.74, 6) is 1.46. The highest BCUT2D eigenvalue weighted by Crippen LogP contribution is 2.44. The molecule has 56 heavy (non-hydrogen) atoms. The number of benzene rings is 4. The molecule has 10 heteroatoms. The minimum atomic E-state index is -0.875. The number of carbonyl (C=O) groups is 1. The molecule has 1 amide bonds. The van der Waals surface area contributed by atoms with E-state index < -0.39 is 5.54 Å². The molecular formula is C46H45N9O. The molecule has 0 bridgehead atoms. The number of rotatable bonds is 11. The quantitative estimate of drug-likeness (QED) is 0.124. The van der Waals surface area contributed by atoms with Crippen molar-refractivity contribution in [3.63, 3.8) is 0 Å². The highest BCUT2D eigenvalue weighted by Gasteiger charge is 2.42. The molecule has 0 N–H and O–H groups in total. The van der Waals surface area contributed by atoms with Gasteiger partial charge in [-0.2, -0.15) is 0 Å². The van der Waals surface area contributed by atoms with Gasteiger partial charge >= 0.3 is 0 Å². The zero-order valence-corrected chi connectivity index (χ0v) is 32.7. The van der Waals surface area contributed by atoms with Crippen LogP contribution in [0, 0.1) is 13.8 Å². The van der Waals surface area contributed by atoms with Gasteiger partial charge in [0.05, 0.1) is 12.2 Å². The minimum Gasteiger partial charge on any atom is -0.345 e. The standard InChI is InChI=1S/C46H45N9O/c1-7-40-48-41-31(3)28-39(45(56)52(5)6)47-44(41)54(40)30-33-24-26-34(27-25-33)42-38(29-32(4)53(42)8-2)43-49-50-51-55(43)46(35-18-12-9-13-19-35,36-20-14-10-15-21-36)37-22-16-11-17-23-37/h9-29H,7-8,30H2,1-6H3. The Morgan fingerprint density at radius 3 is 1.86 bits per heavy atom. The van der Waals surface area contributed by atoms with E-state index in [1.165, 1.54) is 0 Å². The third-order valence-corrected chi connectivity index (χ3v) is 10.7. The summed E-state index contributed by atoms with van der Waals surface area (Å²) in [6.45, 7) is 9.73. The molecule has 4 heterocycles. The number of amides is 1. The molecule has 8 rings (SSSR count). The molecule has 4 aromatic carbocycles. The topological polar surface area (TPSA) is 99.6 Å². The largest absolute Gasteiger partial charge is 0.345 e. The predicted molar refractivity (Wildman–Crippen MR) is 220 cm³/mol. The van der Waals surface area contributed by atoms with Gasteiger partial charge in [-0.3, -0.25) is 4.79 Å². The van der Waals surface area contributed by atoms with Crippen LogP contribution < -0.4 is 0 Å². The van der Waals surface area contributed by atoms with E-state index in [9.17, 15) is 4.79 Å². The molecule has 0 aliphatic carbocycles. The van der Waals surface area contributed by atoms with E-state index in [2.05, 4.69) is 138 Å².